The second-order valence-electron chi connectivity index (χ2n) is 10.0. The molecule has 5 rings (SSSR count). The topological polar surface area (TPSA) is 51.2 Å². The van der Waals surface area contributed by atoms with E-state index in [9.17, 15) is 9.50 Å². The van der Waals surface area contributed by atoms with Crippen molar-refractivity contribution in [1.82, 2.24) is 15.1 Å². The molecular weight excluding hydrogens is 431 g/mol. The summed E-state index contributed by atoms with van der Waals surface area (Å²) >= 11 is 0. The molecule has 3 aliphatic heterocycles. The number of alkyl halides is 1. The number of fused-ring (bicyclic) bond motifs is 2. The number of anilines is 1. The quantitative estimate of drug-likeness (QED) is 0.679. The molecule has 3 atom stereocenters. The van der Waals surface area contributed by atoms with Crippen LogP contribution in [-0.4, -0.2) is 86.1 Å². The molecule has 0 aliphatic carbocycles. The standard InChI is InChI=1S/C27H37FN4O2/c1-30-12-13-32(19-23(33)18-31-11-9-20-4-2-3-5-21(20)16-31)17-22-6-7-24(14-26(22)30)34-27-8-10-29-15-25(27)28/h2-7,14,23,25,27,29,33H,8-13,15-19H2,1H3. The normalized spacial score (nSPS) is 24.7. The van der Waals surface area contributed by atoms with Crippen molar-refractivity contribution in [3.05, 3.63) is 59.2 Å². The number of hydrogen-bond donors (Lipinski definition) is 2. The van der Waals surface area contributed by atoms with Gasteiger partial charge in [-0.2, -0.15) is 0 Å². The van der Waals surface area contributed by atoms with Crippen molar-refractivity contribution in [2.24, 2.45) is 0 Å². The molecule has 2 aromatic carbocycles. The number of ether oxygens (including phenoxy) is 1. The summed E-state index contributed by atoms with van der Waals surface area (Å²) in [6.45, 7) is 6.97. The highest BCUT2D eigenvalue weighted by Crippen LogP contribution is 2.30. The molecule has 0 spiro atoms. The maximum absolute atomic E-state index is 14.2. The zero-order valence-electron chi connectivity index (χ0n) is 20.1. The Morgan fingerprint density at radius 3 is 2.62 bits per heavy atom. The van der Waals surface area contributed by atoms with Crippen LogP contribution < -0.4 is 15.0 Å². The fraction of sp³-hybridized carbons (Fsp3) is 0.556. The number of aliphatic hydroxyl groups excluding tert-OH is 1. The number of piperidine rings is 1. The molecule has 2 N–H and O–H groups in total. The number of aliphatic hydroxyl groups is 1. The lowest BCUT2D eigenvalue weighted by Crippen LogP contribution is -2.44. The highest BCUT2D eigenvalue weighted by Gasteiger charge is 2.27. The molecule has 7 heteroatoms. The van der Waals surface area contributed by atoms with Crippen molar-refractivity contribution in [2.75, 3.05) is 57.8 Å². The molecule has 0 radical (unpaired) electrons. The van der Waals surface area contributed by atoms with Gasteiger partial charge in [-0.25, -0.2) is 4.39 Å². The SMILES string of the molecule is CN1CCN(CC(O)CN2CCc3ccccc3C2)Cc2ccc(OC3CCNCC3F)cc21. The fourth-order valence-corrected chi connectivity index (χ4v) is 5.46. The molecular formula is C27H37FN4O2. The third-order valence-corrected chi connectivity index (χ3v) is 7.40. The number of β-amino-alcohol motifs (C(OH)–C–C–N with tert-alkyl or cyclic N) is 1. The van der Waals surface area contributed by atoms with E-state index in [-0.39, 0.29) is 12.2 Å². The van der Waals surface area contributed by atoms with E-state index in [1.807, 2.05) is 6.07 Å². The maximum atomic E-state index is 14.2. The maximum Gasteiger partial charge on any atom is 0.149 e. The average molecular weight is 469 g/mol. The van der Waals surface area contributed by atoms with Crippen LogP contribution in [0, 0.1) is 0 Å². The largest absolute Gasteiger partial charge is 0.487 e. The lowest BCUT2D eigenvalue weighted by molar-refractivity contribution is 0.0682. The zero-order chi connectivity index (χ0) is 23.5. The van der Waals surface area contributed by atoms with Gasteiger partial charge in [0.25, 0.3) is 0 Å². The predicted molar refractivity (Wildman–Crippen MR) is 133 cm³/mol. The summed E-state index contributed by atoms with van der Waals surface area (Å²) in [6, 6.07) is 14.7. The third-order valence-electron chi connectivity index (χ3n) is 7.40. The number of halogens is 1. The van der Waals surface area contributed by atoms with Gasteiger partial charge in [-0.1, -0.05) is 30.3 Å². The van der Waals surface area contributed by atoms with E-state index in [1.54, 1.807) is 0 Å². The molecule has 6 nitrogen and oxygen atoms in total. The van der Waals surface area contributed by atoms with Gasteiger partial charge in [0.05, 0.1) is 6.10 Å². The first-order valence-corrected chi connectivity index (χ1v) is 12.6. The Hall–Kier alpha value is -2.19. The summed E-state index contributed by atoms with van der Waals surface area (Å²) in [5.41, 5.74) is 5.17. The van der Waals surface area contributed by atoms with Crippen molar-refractivity contribution in [3.63, 3.8) is 0 Å². The number of hydrogen-bond acceptors (Lipinski definition) is 6. The number of rotatable bonds is 6. The Balaban J connectivity index is 1.19. The Morgan fingerprint density at radius 1 is 1.03 bits per heavy atom. The van der Waals surface area contributed by atoms with Crippen molar-refractivity contribution >= 4 is 5.69 Å². The van der Waals surface area contributed by atoms with Crippen LogP contribution in [0.1, 0.15) is 23.1 Å². The minimum atomic E-state index is -0.976. The molecule has 3 aliphatic rings. The van der Waals surface area contributed by atoms with Crippen molar-refractivity contribution in [3.8, 4) is 5.75 Å². The average Bonchev–Trinajstić information content (AvgIpc) is 2.99. The molecule has 3 unspecified atom stereocenters. The molecule has 0 amide bonds. The Kier molecular flexibility index (Phi) is 7.34. The van der Waals surface area contributed by atoms with Crippen molar-refractivity contribution in [1.29, 1.82) is 0 Å². The second kappa shape index (κ2) is 10.6. The van der Waals surface area contributed by atoms with Crippen molar-refractivity contribution in [2.45, 2.75) is 44.3 Å². The molecule has 2 aromatic rings. The van der Waals surface area contributed by atoms with Crippen molar-refractivity contribution < 1.29 is 14.2 Å². The Labute approximate surface area is 202 Å². The highest BCUT2D eigenvalue weighted by atomic mass is 19.1. The van der Waals surface area contributed by atoms with E-state index >= 15 is 0 Å². The van der Waals surface area contributed by atoms with Gasteiger partial charge in [0.15, 0.2) is 0 Å². The molecule has 3 heterocycles. The predicted octanol–water partition coefficient (Wildman–Crippen LogP) is 2.44. The summed E-state index contributed by atoms with van der Waals surface area (Å²) in [4.78, 5) is 6.95. The summed E-state index contributed by atoms with van der Waals surface area (Å²) in [5, 5.41) is 14.0. The summed E-state index contributed by atoms with van der Waals surface area (Å²) in [6.07, 6.45) is -0.0153. The van der Waals surface area contributed by atoms with Gasteiger partial charge in [-0.3, -0.25) is 9.80 Å². The first-order valence-electron chi connectivity index (χ1n) is 12.6. The smallest absolute Gasteiger partial charge is 0.149 e. The van der Waals surface area contributed by atoms with E-state index in [2.05, 4.69) is 63.5 Å². The van der Waals surface area contributed by atoms with Gasteiger partial charge >= 0.3 is 0 Å². The second-order valence-corrected chi connectivity index (χ2v) is 10.0. The molecule has 34 heavy (non-hydrogen) atoms. The minimum Gasteiger partial charge on any atom is -0.487 e. The van der Waals surface area contributed by atoms with E-state index in [4.69, 9.17) is 4.74 Å². The zero-order valence-corrected chi connectivity index (χ0v) is 20.1. The fourth-order valence-electron chi connectivity index (χ4n) is 5.46. The highest BCUT2D eigenvalue weighted by molar-refractivity contribution is 5.57. The third kappa shape index (κ3) is 5.54. The van der Waals surface area contributed by atoms with Crippen LogP contribution in [-0.2, 0) is 19.5 Å². The van der Waals surface area contributed by atoms with E-state index in [0.29, 0.717) is 26.1 Å². The lowest BCUT2D eigenvalue weighted by atomic mass is 10.00. The van der Waals surface area contributed by atoms with Crippen LogP contribution in [0.2, 0.25) is 0 Å². The molecule has 0 bridgehead atoms. The van der Waals surface area contributed by atoms with E-state index in [1.165, 1.54) is 16.7 Å². The van der Waals surface area contributed by atoms with Crippen LogP contribution >= 0.6 is 0 Å². The minimum absolute atomic E-state index is 0.358. The number of nitrogens with one attached hydrogen (secondary N) is 1. The number of benzene rings is 2. The molecule has 184 valence electrons. The number of likely N-dealkylation sites (N-methyl/N-ethyl adjacent to an activating group) is 1. The molecule has 0 saturated carbocycles. The van der Waals surface area contributed by atoms with Gasteiger partial charge in [0.1, 0.15) is 18.0 Å². The van der Waals surface area contributed by atoms with E-state index < -0.39 is 6.17 Å². The van der Waals surface area contributed by atoms with Crippen LogP contribution in [0.5, 0.6) is 5.75 Å². The van der Waals surface area contributed by atoms with Gasteiger partial charge in [0, 0.05) is 71.2 Å². The summed E-state index contributed by atoms with van der Waals surface area (Å²) < 4.78 is 20.2. The molecule has 0 aromatic heterocycles. The Bertz CT molecular complexity index is 973. The monoisotopic (exact) mass is 468 g/mol. The van der Waals surface area contributed by atoms with Gasteiger partial charge in [-0.05, 0) is 42.1 Å². The number of nitrogens with zero attached hydrogens (tertiary/aromatic N) is 3. The first-order chi connectivity index (χ1) is 16.5. The van der Waals surface area contributed by atoms with Crippen LogP contribution in [0.3, 0.4) is 0 Å². The molecule has 1 saturated heterocycles. The van der Waals surface area contributed by atoms with Gasteiger partial charge < -0.3 is 20.1 Å². The van der Waals surface area contributed by atoms with Crippen LogP contribution in [0.25, 0.3) is 0 Å². The van der Waals surface area contributed by atoms with Crippen LogP contribution in [0.4, 0.5) is 10.1 Å². The van der Waals surface area contributed by atoms with Gasteiger partial charge in [-0.15, -0.1) is 0 Å². The summed E-state index contributed by atoms with van der Waals surface area (Å²) in [7, 11) is 2.09. The van der Waals surface area contributed by atoms with Gasteiger partial charge in [0.2, 0.25) is 0 Å². The summed E-state index contributed by atoms with van der Waals surface area (Å²) in [5.74, 6) is 0.735. The Morgan fingerprint density at radius 2 is 1.79 bits per heavy atom. The lowest BCUT2D eigenvalue weighted by Gasteiger charge is -2.32. The van der Waals surface area contributed by atoms with Crippen LogP contribution in [0.15, 0.2) is 42.5 Å². The first kappa shape index (κ1) is 23.5. The molecule has 1 fully saturated rings. The van der Waals surface area contributed by atoms with E-state index in [0.717, 1.165) is 57.1 Å².